The van der Waals surface area contributed by atoms with Crippen LogP contribution < -0.4 is 5.73 Å². The van der Waals surface area contributed by atoms with Crippen LogP contribution in [0.15, 0.2) is 36.4 Å². The number of fused-ring (bicyclic) bond motifs is 2. The Morgan fingerprint density at radius 1 is 1.12 bits per heavy atom. The van der Waals surface area contributed by atoms with Crippen LogP contribution in [0.1, 0.15) is 5.82 Å². The molecule has 1 aromatic heterocycles. The minimum absolute atomic E-state index is 0.624. The maximum Gasteiger partial charge on any atom is 0.108 e. The number of aromatic nitrogens is 2. The van der Waals surface area contributed by atoms with E-state index in [4.69, 9.17) is 5.73 Å². The molecule has 0 spiro atoms. The van der Waals surface area contributed by atoms with Gasteiger partial charge in [0, 0.05) is 6.42 Å². The molecule has 0 amide bonds. The number of rotatable bonds is 2. The Bertz CT molecular complexity index is 587. The van der Waals surface area contributed by atoms with Gasteiger partial charge >= 0.3 is 0 Å². The number of benzene rings is 2. The fourth-order valence-corrected chi connectivity index (χ4v) is 2.00. The number of aromatic amines is 1. The van der Waals surface area contributed by atoms with Crippen molar-refractivity contribution in [2.24, 2.45) is 5.73 Å². The minimum Gasteiger partial charge on any atom is -0.342 e. The first-order chi connectivity index (χ1) is 7.86. The van der Waals surface area contributed by atoms with Gasteiger partial charge in [-0.05, 0) is 29.4 Å². The molecule has 0 saturated carbocycles. The first kappa shape index (κ1) is 9.36. The van der Waals surface area contributed by atoms with Crippen LogP contribution in [-0.2, 0) is 6.42 Å². The zero-order valence-corrected chi connectivity index (χ0v) is 8.90. The normalized spacial score (nSPS) is 11.3. The van der Waals surface area contributed by atoms with E-state index in [9.17, 15) is 0 Å². The summed E-state index contributed by atoms with van der Waals surface area (Å²) >= 11 is 0. The van der Waals surface area contributed by atoms with Gasteiger partial charge in [0.1, 0.15) is 5.82 Å². The van der Waals surface area contributed by atoms with Crippen LogP contribution in [0, 0.1) is 0 Å². The van der Waals surface area contributed by atoms with Crippen molar-refractivity contribution in [1.29, 1.82) is 0 Å². The Morgan fingerprint density at radius 3 is 2.62 bits per heavy atom. The standard InChI is InChI=1S/C13H13N3/c14-6-5-13-15-11-7-9-3-1-2-4-10(9)8-12(11)16-13/h1-4,7-8H,5-6,14H2,(H,15,16). The minimum atomic E-state index is 0.624. The van der Waals surface area contributed by atoms with Crippen molar-refractivity contribution >= 4 is 21.8 Å². The summed E-state index contributed by atoms with van der Waals surface area (Å²) in [6, 6.07) is 12.6. The first-order valence-electron chi connectivity index (χ1n) is 5.44. The van der Waals surface area contributed by atoms with E-state index in [0.29, 0.717) is 6.54 Å². The zero-order chi connectivity index (χ0) is 11.0. The second-order valence-corrected chi connectivity index (χ2v) is 3.94. The molecule has 1 heterocycles. The Kier molecular flexibility index (Phi) is 2.11. The van der Waals surface area contributed by atoms with Crippen molar-refractivity contribution < 1.29 is 0 Å². The quantitative estimate of drug-likeness (QED) is 0.682. The van der Waals surface area contributed by atoms with Gasteiger partial charge in [0.15, 0.2) is 0 Å². The largest absolute Gasteiger partial charge is 0.342 e. The summed E-state index contributed by atoms with van der Waals surface area (Å²) in [6.07, 6.45) is 0.797. The van der Waals surface area contributed by atoms with Gasteiger partial charge in [-0.1, -0.05) is 24.3 Å². The van der Waals surface area contributed by atoms with Gasteiger partial charge in [0.2, 0.25) is 0 Å². The molecule has 3 heteroatoms. The lowest BCUT2D eigenvalue weighted by molar-refractivity contribution is 0.900. The van der Waals surface area contributed by atoms with Crippen LogP contribution in [0.5, 0.6) is 0 Å². The van der Waals surface area contributed by atoms with Crippen molar-refractivity contribution in [2.75, 3.05) is 6.54 Å². The fourth-order valence-electron chi connectivity index (χ4n) is 2.00. The number of hydrogen-bond acceptors (Lipinski definition) is 2. The highest BCUT2D eigenvalue weighted by Crippen LogP contribution is 2.20. The smallest absolute Gasteiger partial charge is 0.108 e. The van der Waals surface area contributed by atoms with E-state index in [2.05, 4.69) is 34.2 Å². The topological polar surface area (TPSA) is 54.7 Å². The van der Waals surface area contributed by atoms with E-state index in [1.54, 1.807) is 0 Å². The molecule has 0 aliphatic rings. The molecule has 0 atom stereocenters. The highest BCUT2D eigenvalue weighted by Gasteiger charge is 2.03. The van der Waals surface area contributed by atoms with Gasteiger partial charge in [0.25, 0.3) is 0 Å². The van der Waals surface area contributed by atoms with E-state index in [1.165, 1.54) is 10.8 Å². The van der Waals surface area contributed by atoms with Crippen LogP contribution >= 0.6 is 0 Å². The van der Waals surface area contributed by atoms with E-state index in [0.717, 1.165) is 23.3 Å². The molecule has 0 bridgehead atoms. The third-order valence-corrected chi connectivity index (χ3v) is 2.78. The highest BCUT2D eigenvalue weighted by molar-refractivity contribution is 5.95. The van der Waals surface area contributed by atoms with Crippen molar-refractivity contribution in [3.8, 4) is 0 Å². The summed E-state index contributed by atoms with van der Waals surface area (Å²) in [4.78, 5) is 7.81. The average Bonchev–Trinajstić information content (AvgIpc) is 2.67. The van der Waals surface area contributed by atoms with Gasteiger partial charge in [-0.15, -0.1) is 0 Å². The summed E-state index contributed by atoms with van der Waals surface area (Å²) in [5.41, 5.74) is 7.62. The lowest BCUT2D eigenvalue weighted by Gasteiger charge is -1.95. The predicted octanol–water partition coefficient (Wildman–Crippen LogP) is 2.22. The molecule has 0 fully saturated rings. The Labute approximate surface area is 93.3 Å². The van der Waals surface area contributed by atoms with Crippen molar-refractivity contribution in [3.05, 3.63) is 42.2 Å². The van der Waals surface area contributed by atoms with Crippen molar-refractivity contribution in [1.82, 2.24) is 9.97 Å². The van der Waals surface area contributed by atoms with Crippen LogP contribution in [0.25, 0.3) is 21.8 Å². The highest BCUT2D eigenvalue weighted by atomic mass is 14.9. The molecule has 0 aliphatic heterocycles. The van der Waals surface area contributed by atoms with Crippen LogP contribution in [-0.4, -0.2) is 16.5 Å². The van der Waals surface area contributed by atoms with Gasteiger partial charge in [0.05, 0.1) is 11.0 Å². The monoisotopic (exact) mass is 211 g/mol. The summed E-state index contributed by atoms with van der Waals surface area (Å²) in [5, 5.41) is 2.46. The predicted molar refractivity (Wildman–Crippen MR) is 66.4 cm³/mol. The maximum absolute atomic E-state index is 5.52. The summed E-state index contributed by atoms with van der Waals surface area (Å²) < 4.78 is 0. The van der Waals surface area contributed by atoms with Crippen LogP contribution in [0.2, 0.25) is 0 Å². The molecular formula is C13H13N3. The fraction of sp³-hybridized carbons (Fsp3) is 0.154. The molecule has 16 heavy (non-hydrogen) atoms. The lowest BCUT2D eigenvalue weighted by Crippen LogP contribution is -2.03. The third-order valence-electron chi connectivity index (χ3n) is 2.78. The molecule has 3 rings (SSSR count). The molecule has 2 aromatic carbocycles. The zero-order valence-electron chi connectivity index (χ0n) is 8.90. The van der Waals surface area contributed by atoms with E-state index >= 15 is 0 Å². The molecule has 3 aromatic rings. The lowest BCUT2D eigenvalue weighted by atomic mass is 10.1. The van der Waals surface area contributed by atoms with Crippen LogP contribution in [0.3, 0.4) is 0 Å². The molecule has 3 nitrogen and oxygen atoms in total. The number of nitrogens with one attached hydrogen (secondary N) is 1. The molecule has 0 radical (unpaired) electrons. The Hall–Kier alpha value is -1.87. The second kappa shape index (κ2) is 3.61. The summed E-state index contributed by atoms with van der Waals surface area (Å²) in [5.74, 6) is 0.966. The van der Waals surface area contributed by atoms with Gasteiger partial charge in [-0.3, -0.25) is 0 Å². The van der Waals surface area contributed by atoms with Crippen molar-refractivity contribution in [2.45, 2.75) is 6.42 Å². The number of nitrogens with zero attached hydrogens (tertiary/aromatic N) is 1. The van der Waals surface area contributed by atoms with Crippen molar-refractivity contribution in [3.63, 3.8) is 0 Å². The van der Waals surface area contributed by atoms with Crippen LogP contribution in [0.4, 0.5) is 0 Å². The second-order valence-electron chi connectivity index (χ2n) is 3.94. The van der Waals surface area contributed by atoms with E-state index in [-0.39, 0.29) is 0 Å². The van der Waals surface area contributed by atoms with E-state index < -0.39 is 0 Å². The molecule has 0 aliphatic carbocycles. The van der Waals surface area contributed by atoms with Gasteiger partial charge < -0.3 is 10.7 Å². The SMILES string of the molecule is NCCc1nc2cc3ccccc3cc2[nH]1. The molecule has 3 N–H and O–H groups in total. The molecule has 0 unspecified atom stereocenters. The molecule has 80 valence electrons. The van der Waals surface area contributed by atoms with E-state index in [1.807, 2.05) is 12.1 Å². The van der Waals surface area contributed by atoms with Gasteiger partial charge in [-0.2, -0.15) is 0 Å². The number of imidazole rings is 1. The third kappa shape index (κ3) is 1.46. The molecular weight excluding hydrogens is 198 g/mol. The van der Waals surface area contributed by atoms with Gasteiger partial charge in [-0.25, -0.2) is 4.98 Å². The average molecular weight is 211 g/mol. The molecule has 0 saturated heterocycles. The summed E-state index contributed by atoms with van der Waals surface area (Å²) in [6.45, 7) is 0.624. The first-order valence-corrected chi connectivity index (χ1v) is 5.44. The Morgan fingerprint density at radius 2 is 1.88 bits per heavy atom. The summed E-state index contributed by atoms with van der Waals surface area (Å²) in [7, 11) is 0. The Balaban J connectivity index is 2.25. The maximum atomic E-state index is 5.52. The number of hydrogen-bond donors (Lipinski definition) is 2. The number of nitrogens with two attached hydrogens (primary N) is 1. The number of H-pyrrole nitrogens is 1.